The van der Waals surface area contributed by atoms with E-state index in [9.17, 15) is 0 Å². The van der Waals surface area contributed by atoms with Gasteiger partial charge in [0, 0.05) is 0 Å². The second-order valence-corrected chi connectivity index (χ2v) is 7.12. The summed E-state index contributed by atoms with van der Waals surface area (Å²) >= 11 is 0. The van der Waals surface area contributed by atoms with Crippen LogP contribution in [-0.2, 0) is 0 Å². The predicted molar refractivity (Wildman–Crippen MR) is 108 cm³/mol. The third-order valence-electron chi connectivity index (χ3n) is 5.62. The number of aryl methyl sites for hydroxylation is 3. The van der Waals surface area contributed by atoms with Crippen LogP contribution in [0.4, 0.5) is 0 Å². The molecule has 0 heterocycles. The fourth-order valence-corrected chi connectivity index (χ4v) is 3.50. The lowest BCUT2D eigenvalue weighted by Crippen LogP contribution is -2.11. The Morgan fingerprint density at radius 3 is 1.00 bits per heavy atom. The molecule has 0 saturated heterocycles. The summed E-state index contributed by atoms with van der Waals surface area (Å²) in [5.74, 6) is 1.35. The van der Waals surface area contributed by atoms with E-state index in [2.05, 4.69) is 96.1 Å². The van der Waals surface area contributed by atoms with E-state index < -0.39 is 0 Å². The summed E-state index contributed by atoms with van der Waals surface area (Å²) in [6.07, 6.45) is 0. The maximum atomic E-state index is 2.27. The minimum Gasteiger partial charge on any atom is -0.0617 e. The van der Waals surface area contributed by atoms with Gasteiger partial charge in [-0.05, 0) is 91.6 Å². The van der Waals surface area contributed by atoms with Crippen LogP contribution in [0.25, 0.3) is 0 Å². The van der Waals surface area contributed by atoms with Crippen molar-refractivity contribution < 1.29 is 0 Å². The molecule has 0 saturated carbocycles. The Labute approximate surface area is 152 Å². The number of rotatable bonds is 3. The van der Waals surface area contributed by atoms with Crippen molar-refractivity contribution in [3.63, 3.8) is 0 Å². The molecule has 0 heteroatoms. The molecule has 25 heavy (non-hydrogen) atoms. The van der Waals surface area contributed by atoms with Crippen molar-refractivity contribution in [3.8, 4) is 0 Å². The molecule has 1 radical (unpaired) electrons. The molecule has 0 spiro atoms. The maximum absolute atomic E-state index is 2.27. The van der Waals surface area contributed by atoms with Crippen molar-refractivity contribution in [1.82, 2.24) is 0 Å². The highest BCUT2D eigenvalue weighted by Gasteiger charge is 2.24. The lowest BCUT2D eigenvalue weighted by Gasteiger charge is -2.25. The van der Waals surface area contributed by atoms with E-state index in [0.717, 1.165) is 0 Å². The molecule has 0 aliphatic rings. The first-order chi connectivity index (χ1) is 11.9. The molecule has 0 aliphatic heterocycles. The molecule has 0 amide bonds. The van der Waals surface area contributed by atoms with Gasteiger partial charge in [-0.15, -0.1) is 0 Å². The van der Waals surface area contributed by atoms with Crippen molar-refractivity contribution in [2.45, 2.75) is 41.5 Å². The van der Waals surface area contributed by atoms with E-state index in [1.54, 1.807) is 0 Å². The van der Waals surface area contributed by atoms with Crippen molar-refractivity contribution in [1.29, 1.82) is 0 Å². The Hall–Kier alpha value is -2.34. The summed E-state index contributed by atoms with van der Waals surface area (Å²) < 4.78 is 0. The van der Waals surface area contributed by atoms with E-state index >= 15 is 0 Å². The Morgan fingerprint density at radius 1 is 0.440 bits per heavy atom. The van der Waals surface area contributed by atoms with Gasteiger partial charge in [-0.25, -0.2) is 0 Å². The minimum atomic E-state index is 1.34. The van der Waals surface area contributed by atoms with Crippen LogP contribution in [0.5, 0.6) is 0 Å². The normalized spacial score (nSPS) is 11.2. The Balaban J connectivity index is 2.35. The van der Waals surface area contributed by atoms with Gasteiger partial charge in [-0.3, -0.25) is 0 Å². The zero-order valence-electron chi connectivity index (χ0n) is 16.2. The highest BCUT2D eigenvalue weighted by atomic mass is 14.3. The minimum absolute atomic E-state index is 1.34. The van der Waals surface area contributed by atoms with Crippen molar-refractivity contribution >= 4 is 0 Å². The molecule has 0 unspecified atom stereocenters. The first-order valence-electron chi connectivity index (χ1n) is 8.98. The Bertz CT molecular complexity index is 793. The number of hydrogen-bond acceptors (Lipinski definition) is 0. The smallest absolute Gasteiger partial charge is 0.0617 e. The molecular formula is C25H27. The lowest BCUT2D eigenvalue weighted by atomic mass is 9.78. The molecule has 0 bridgehead atoms. The van der Waals surface area contributed by atoms with E-state index in [1.807, 2.05) is 0 Å². The fraction of sp³-hybridized carbons (Fsp3) is 0.240. The van der Waals surface area contributed by atoms with E-state index in [1.165, 1.54) is 56.0 Å². The van der Waals surface area contributed by atoms with Crippen molar-refractivity contribution in [2.75, 3.05) is 0 Å². The van der Waals surface area contributed by atoms with Gasteiger partial charge in [0.2, 0.25) is 0 Å². The third-order valence-corrected chi connectivity index (χ3v) is 5.62. The molecule has 3 aromatic rings. The van der Waals surface area contributed by atoms with Gasteiger partial charge in [0.05, 0.1) is 5.92 Å². The largest absolute Gasteiger partial charge is 0.0637 e. The molecule has 0 atom stereocenters. The van der Waals surface area contributed by atoms with Gasteiger partial charge in [-0.2, -0.15) is 0 Å². The van der Waals surface area contributed by atoms with Crippen LogP contribution >= 0.6 is 0 Å². The van der Waals surface area contributed by atoms with E-state index in [4.69, 9.17) is 0 Å². The Morgan fingerprint density at radius 2 is 0.720 bits per heavy atom. The number of hydrogen-bond donors (Lipinski definition) is 0. The summed E-state index contributed by atoms with van der Waals surface area (Å²) in [7, 11) is 0. The van der Waals surface area contributed by atoms with Gasteiger partial charge < -0.3 is 0 Å². The highest BCUT2D eigenvalue weighted by Crippen LogP contribution is 2.38. The molecular weight excluding hydrogens is 300 g/mol. The molecule has 127 valence electrons. The first kappa shape index (κ1) is 17.5. The lowest BCUT2D eigenvalue weighted by molar-refractivity contribution is 1.11. The summed E-state index contributed by atoms with van der Waals surface area (Å²) in [4.78, 5) is 0. The predicted octanol–water partition coefficient (Wildman–Crippen LogP) is 6.56. The van der Waals surface area contributed by atoms with Crippen molar-refractivity contribution in [2.24, 2.45) is 0 Å². The molecule has 0 aliphatic carbocycles. The van der Waals surface area contributed by atoms with Crippen LogP contribution in [0, 0.1) is 47.5 Å². The van der Waals surface area contributed by atoms with Gasteiger partial charge >= 0.3 is 0 Å². The van der Waals surface area contributed by atoms with Gasteiger partial charge in [0.1, 0.15) is 0 Å². The SMILES string of the molecule is Cc1cccc([C](c2cccc(C)c2C)c2cccc(C)c2C)c1C. The van der Waals surface area contributed by atoms with E-state index in [-0.39, 0.29) is 0 Å². The van der Waals surface area contributed by atoms with Crippen LogP contribution in [0.15, 0.2) is 54.6 Å². The standard InChI is InChI=1S/C25H27/c1-16-10-7-13-22(19(16)4)25(23-14-8-11-17(2)20(23)5)24-15-9-12-18(3)21(24)6/h7-15H,1-6H3. The summed E-state index contributed by atoms with van der Waals surface area (Å²) in [5.41, 5.74) is 12.1. The summed E-state index contributed by atoms with van der Waals surface area (Å²) in [6.45, 7) is 13.3. The summed E-state index contributed by atoms with van der Waals surface area (Å²) in [6, 6.07) is 19.9. The third kappa shape index (κ3) is 3.14. The molecule has 0 fully saturated rings. The van der Waals surface area contributed by atoms with Crippen LogP contribution in [0.2, 0.25) is 0 Å². The maximum Gasteiger partial charge on any atom is 0.0637 e. The first-order valence-corrected chi connectivity index (χ1v) is 8.98. The fourth-order valence-electron chi connectivity index (χ4n) is 3.50. The van der Waals surface area contributed by atoms with Crippen LogP contribution in [0.1, 0.15) is 50.1 Å². The molecule has 0 N–H and O–H groups in total. The quantitative estimate of drug-likeness (QED) is 0.478. The van der Waals surface area contributed by atoms with Gasteiger partial charge in [0.15, 0.2) is 0 Å². The van der Waals surface area contributed by atoms with Crippen LogP contribution < -0.4 is 0 Å². The van der Waals surface area contributed by atoms with Crippen molar-refractivity contribution in [3.05, 3.63) is 111 Å². The second-order valence-electron chi connectivity index (χ2n) is 7.12. The van der Waals surface area contributed by atoms with E-state index in [0.29, 0.717) is 0 Å². The highest BCUT2D eigenvalue weighted by molar-refractivity contribution is 5.65. The molecule has 3 rings (SSSR count). The summed E-state index contributed by atoms with van der Waals surface area (Å²) in [5, 5.41) is 0. The van der Waals surface area contributed by atoms with Crippen LogP contribution in [0.3, 0.4) is 0 Å². The topological polar surface area (TPSA) is 0 Å². The monoisotopic (exact) mass is 327 g/mol. The zero-order valence-corrected chi connectivity index (χ0v) is 16.2. The average Bonchev–Trinajstić information content (AvgIpc) is 2.59. The molecule has 0 aromatic heterocycles. The van der Waals surface area contributed by atoms with Crippen LogP contribution in [-0.4, -0.2) is 0 Å². The van der Waals surface area contributed by atoms with Gasteiger partial charge in [-0.1, -0.05) is 54.6 Å². The Kier molecular flexibility index (Phi) is 4.81. The molecule has 3 aromatic carbocycles. The zero-order chi connectivity index (χ0) is 18.1. The van der Waals surface area contributed by atoms with Gasteiger partial charge in [0.25, 0.3) is 0 Å². The average molecular weight is 327 g/mol. The molecule has 0 nitrogen and oxygen atoms in total. The second kappa shape index (κ2) is 6.88. The number of benzene rings is 3.